The standard InChI is InChI=1S/C11H19N3O4/c1-11(2,5-7-6-18-7)14-9(16)12(3)8(15)13(4)10(14)17/h7,9,16H,5-6H2,1-4H3/t7?,9-/m1/s1. The van der Waals surface area contributed by atoms with E-state index in [1.54, 1.807) is 0 Å². The van der Waals surface area contributed by atoms with Crippen molar-refractivity contribution in [3.63, 3.8) is 0 Å². The zero-order valence-electron chi connectivity index (χ0n) is 11.1. The van der Waals surface area contributed by atoms with Gasteiger partial charge in [0.25, 0.3) is 0 Å². The van der Waals surface area contributed by atoms with E-state index in [1.807, 2.05) is 13.8 Å². The molecule has 18 heavy (non-hydrogen) atoms. The lowest BCUT2D eigenvalue weighted by molar-refractivity contribution is -0.118. The number of hydrogen-bond acceptors (Lipinski definition) is 4. The van der Waals surface area contributed by atoms with E-state index in [0.29, 0.717) is 13.0 Å². The smallest absolute Gasteiger partial charge is 0.331 e. The number of aliphatic hydroxyl groups is 1. The normalized spacial score (nSPS) is 29.1. The molecule has 7 nitrogen and oxygen atoms in total. The van der Waals surface area contributed by atoms with Crippen molar-refractivity contribution in [1.82, 2.24) is 14.7 Å². The molecule has 1 N–H and O–H groups in total. The molecule has 2 aliphatic rings. The third kappa shape index (κ3) is 2.04. The number of carbonyl (C=O) groups is 2. The molecular weight excluding hydrogens is 238 g/mol. The minimum atomic E-state index is -1.24. The molecule has 0 aliphatic carbocycles. The highest BCUT2D eigenvalue weighted by atomic mass is 16.6. The van der Waals surface area contributed by atoms with E-state index < -0.39 is 24.0 Å². The van der Waals surface area contributed by atoms with Crippen molar-refractivity contribution < 1.29 is 19.4 Å². The number of rotatable bonds is 3. The summed E-state index contributed by atoms with van der Waals surface area (Å²) in [5, 5.41) is 10.1. The SMILES string of the molecule is CN1C(=O)N(C)[C@@H](O)N(C(C)(C)CC2CO2)C1=O. The molecule has 102 valence electrons. The van der Waals surface area contributed by atoms with Gasteiger partial charge >= 0.3 is 12.1 Å². The fourth-order valence-corrected chi connectivity index (χ4v) is 2.26. The predicted molar refractivity (Wildman–Crippen MR) is 62.6 cm³/mol. The van der Waals surface area contributed by atoms with Crippen molar-refractivity contribution >= 4 is 12.1 Å². The Morgan fingerprint density at radius 2 is 1.89 bits per heavy atom. The molecule has 2 heterocycles. The molecular formula is C11H19N3O4. The van der Waals surface area contributed by atoms with Gasteiger partial charge in [0.2, 0.25) is 6.35 Å². The summed E-state index contributed by atoms with van der Waals surface area (Å²) in [6.07, 6.45) is -0.478. The fourth-order valence-electron chi connectivity index (χ4n) is 2.26. The number of amides is 4. The summed E-state index contributed by atoms with van der Waals surface area (Å²) in [7, 11) is 2.87. The van der Waals surface area contributed by atoms with E-state index in [-0.39, 0.29) is 6.10 Å². The maximum Gasteiger partial charge on any atom is 0.331 e. The van der Waals surface area contributed by atoms with Crippen LogP contribution in [0.15, 0.2) is 0 Å². The van der Waals surface area contributed by atoms with Gasteiger partial charge in [0, 0.05) is 19.6 Å². The Morgan fingerprint density at radius 3 is 2.39 bits per heavy atom. The Kier molecular flexibility index (Phi) is 2.98. The van der Waals surface area contributed by atoms with E-state index in [9.17, 15) is 14.7 Å². The van der Waals surface area contributed by atoms with Gasteiger partial charge in [-0.05, 0) is 20.3 Å². The molecule has 0 spiro atoms. The number of aliphatic hydroxyl groups excluding tert-OH is 1. The summed E-state index contributed by atoms with van der Waals surface area (Å²) in [5.41, 5.74) is -0.582. The Labute approximate surface area is 106 Å². The van der Waals surface area contributed by atoms with Crippen LogP contribution in [0.2, 0.25) is 0 Å². The molecule has 0 saturated carbocycles. The predicted octanol–water partition coefficient (Wildman–Crippen LogP) is 0.249. The largest absolute Gasteiger partial charge is 0.373 e. The van der Waals surface area contributed by atoms with Crippen LogP contribution >= 0.6 is 0 Å². The zero-order valence-corrected chi connectivity index (χ0v) is 11.1. The number of ether oxygens (including phenoxy) is 1. The van der Waals surface area contributed by atoms with Crippen LogP contribution < -0.4 is 0 Å². The number of nitrogens with zero attached hydrogens (tertiary/aromatic N) is 3. The number of epoxide rings is 1. The second-order valence-corrected chi connectivity index (χ2v) is 5.42. The maximum atomic E-state index is 12.1. The zero-order chi connectivity index (χ0) is 13.7. The van der Waals surface area contributed by atoms with Gasteiger partial charge < -0.3 is 9.84 Å². The first-order valence-electron chi connectivity index (χ1n) is 5.89. The highest BCUT2D eigenvalue weighted by Crippen LogP contribution is 2.31. The Balaban J connectivity index is 2.23. The average Bonchev–Trinajstić information content (AvgIpc) is 3.06. The molecule has 0 radical (unpaired) electrons. The second kappa shape index (κ2) is 4.10. The summed E-state index contributed by atoms with van der Waals surface area (Å²) < 4.78 is 5.17. The van der Waals surface area contributed by atoms with Gasteiger partial charge in [-0.15, -0.1) is 0 Å². The summed E-state index contributed by atoms with van der Waals surface area (Å²) >= 11 is 0. The van der Waals surface area contributed by atoms with Crippen molar-refractivity contribution in [1.29, 1.82) is 0 Å². The van der Waals surface area contributed by atoms with Crippen molar-refractivity contribution in [2.45, 2.75) is 38.3 Å². The van der Waals surface area contributed by atoms with Crippen molar-refractivity contribution in [3.8, 4) is 0 Å². The number of carbonyl (C=O) groups excluding carboxylic acids is 2. The van der Waals surface area contributed by atoms with E-state index in [4.69, 9.17) is 4.74 Å². The van der Waals surface area contributed by atoms with Crippen molar-refractivity contribution in [2.75, 3.05) is 20.7 Å². The lowest BCUT2D eigenvalue weighted by Gasteiger charge is -2.49. The molecule has 2 saturated heterocycles. The first kappa shape index (κ1) is 13.1. The van der Waals surface area contributed by atoms with E-state index in [1.165, 1.54) is 19.0 Å². The summed E-state index contributed by atoms with van der Waals surface area (Å²) in [5.74, 6) is 0. The third-order valence-electron chi connectivity index (χ3n) is 3.44. The molecule has 4 amide bonds. The summed E-state index contributed by atoms with van der Waals surface area (Å²) in [6.45, 7) is 4.40. The van der Waals surface area contributed by atoms with Crippen LogP contribution in [0, 0.1) is 0 Å². The topological polar surface area (TPSA) is 76.6 Å². The highest BCUT2D eigenvalue weighted by Gasteiger charge is 2.48. The van der Waals surface area contributed by atoms with Crippen LogP contribution in [0.25, 0.3) is 0 Å². The third-order valence-corrected chi connectivity index (χ3v) is 3.44. The summed E-state index contributed by atoms with van der Waals surface area (Å²) in [6, 6.07) is -1.00. The van der Waals surface area contributed by atoms with Gasteiger partial charge in [0.05, 0.1) is 12.7 Å². The van der Waals surface area contributed by atoms with E-state index in [0.717, 1.165) is 9.80 Å². The lowest BCUT2D eigenvalue weighted by Crippen LogP contribution is -2.69. The molecule has 0 aromatic heterocycles. The molecule has 2 rings (SSSR count). The van der Waals surface area contributed by atoms with Crippen LogP contribution in [-0.4, -0.2) is 70.6 Å². The van der Waals surface area contributed by atoms with Gasteiger partial charge in [0.1, 0.15) is 0 Å². The molecule has 2 atom stereocenters. The molecule has 2 aliphatic heterocycles. The molecule has 0 aromatic carbocycles. The molecule has 1 unspecified atom stereocenters. The number of hydrogen-bond donors (Lipinski definition) is 1. The van der Waals surface area contributed by atoms with Crippen LogP contribution in [0.4, 0.5) is 9.59 Å². The molecule has 0 aromatic rings. The summed E-state index contributed by atoms with van der Waals surface area (Å²) in [4.78, 5) is 27.3. The Hall–Kier alpha value is -1.34. The second-order valence-electron chi connectivity index (χ2n) is 5.42. The maximum absolute atomic E-state index is 12.1. The van der Waals surface area contributed by atoms with Crippen LogP contribution in [0.5, 0.6) is 0 Å². The Bertz CT molecular complexity index is 380. The minimum absolute atomic E-state index is 0.133. The van der Waals surface area contributed by atoms with Crippen LogP contribution in [0.1, 0.15) is 20.3 Å². The van der Waals surface area contributed by atoms with Gasteiger partial charge in [-0.3, -0.25) is 9.80 Å². The van der Waals surface area contributed by atoms with Crippen molar-refractivity contribution in [3.05, 3.63) is 0 Å². The van der Waals surface area contributed by atoms with E-state index in [2.05, 4.69) is 0 Å². The van der Waals surface area contributed by atoms with Crippen LogP contribution in [-0.2, 0) is 4.74 Å². The lowest BCUT2D eigenvalue weighted by atomic mass is 9.96. The van der Waals surface area contributed by atoms with Crippen molar-refractivity contribution in [2.24, 2.45) is 0 Å². The number of urea groups is 2. The molecule has 2 fully saturated rings. The highest BCUT2D eigenvalue weighted by molar-refractivity contribution is 5.95. The average molecular weight is 257 g/mol. The van der Waals surface area contributed by atoms with Gasteiger partial charge in [-0.2, -0.15) is 0 Å². The molecule has 7 heteroatoms. The van der Waals surface area contributed by atoms with Gasteiger partial charge in [0.15, 0.2) is 0 Å². The first-order chi connectivity index (χ1) is 8.25. The quantitative estimate of drug-likeness (QED) is 0.735. The molecule has 0 bridgehead atoms. The van der Waals surface area contributed by atoms with Gasteiger partial charge in [-0.1, -0.05) is 0 Å². The van der Waals surface area contributed by atoms with Crippen LogP contribution in [0.3, 0.4) is 0 Å². The van der Waals surface area contributed by atoms with Gasteiger partial charge in [-0.25, -0.2) is 14.5 Å². The number of imide groups is 1. The first-order valence-corrected chi connectivity index (χ1v) is 5.89. The minimum Gasteiger partial charge on any atom is -0.373 e. The van der Waals surface area contributed by atoms with E-state index >= 15 is 0 Å². The monoisotopic (exact) mass is 257 g/mol. The Morgan fingerprint density at radius 1 is 1.33 bits per heavy atom. The fraction of sp³-hybridized carbons (Fsp3) is 0.818.